The standard InChI is InChI=1S/C9H15N/c1-3-8-5-4-6-9(8)7-10-2/h3,7,10H,4-6H2,1-2H3/b8-3-,9-7-. The largest absolute Gasteiger partial charge is 0.394 e. The van der Waals surface area contributed by atoms with Gasteiger partial charge in [0.15, 0.2) is 0 Å². The molecule has 1 rings (SSSR count). The van der Waals surface area contributed by atoms with Gasteiger partial charge in [-0.15, -0.1) is 0 Å². The van der Waals surface area contributed by atoms with Crippen LogP contribution in [0, 0.1) is 0 Å². The van der Waals surface area contributed by atoms with Gasteiger partial charge in [0.1, 0.15) is 0 Å². The number of rotatable bonds is 1. The molecule has 1 N–H and O–H groups in total. The molecule has 1 nitrogen and oxygen atoms in total. The third-order valence-corrected chi connectivity index (χ3v) is 1.97. The second kappa shape index (κ2) is 3.45. The minimum absolute atomic E-state index is 1.25. The molecule has 0 spiro atoms. The van der Waals surface area contributed by atoms with Crippen LogP contribution in [0.1, 0.15) is 26.2 Å². The summed E-state index contributed by atoms with van der Waals surface area (Å²) in [6.07, 6.45) is 8.18. The number of nitrogens with one attached hydrogen (secondary N) is 1. The van der Waals surface area contributed by atoms with E-state index in [-0.39, 0.29) is 0 Å². The van der Waals surface area contributed by atoms with E-state index < -0.39 is 0 Å². The lowest BCUT2D eigenvalue weighted by Crippen LogP contribution is -1.94. The zero-order valence-electron chi connectivity index (χ0n) is 6.78. The molecule has 0 bridgehead atoms. The minimum Gasteiger partial charge on any atom is -0.394 e. The molecule has 0 aromatic rings. The van der Waals surface area contributed by atoms with E-state index in [0.717, 1.165) is 0 Å². The summed E-state index contributed by atoms with van der Waals surface area (Å²) >= 11 is 0. The molecule has 1 aliphatic rings. The lowest BCUT2D eigenvalue weighted by atomic mass is 10.1. The molecule has 0 aromatic heterocycles. The van der Waals surface area contributed by atoms with Crippen LogP contribution in [0.2, 0.25) is 0 Å². The molecule has 0 aliphatic heterocycles. The van der Waals surface area contributed by atoms with Crippen molar-refractivity contribution in [1.29, 1.82) is 0 Å². The summed E-state index contributed by atoms with van der Waals surface area (Å²) in [7, 11) is 1.96. The van der Waals surface area contributed by atoms with Gasteiger partial charge in [0.2, 0.25) is 0 Å². The predicted molar refractivity (Wildman–Crippen MR) is 44.8 cm³/mol. The fourth-order valence-corrected chi connectivity index (χ4v) is 1.46. The van der Waals surface area contributed by atoms with Crippen LogP contribution in [0.3, 0.4) is 0 Å². The highest BCUT2D eigenvalue weighted by atomic mass is 14.8. The smallest absolute Gasteiger partial charge is 0.00278 e. The van der Waals surface area contributed by atoms with Crippen molar-refractivity contribution in [2.75, 3.05) is 7.05 Å². The SMILES string of the molecule is C/C=C1/CCC/C1=C/NC. The van der Waals surface area contributed by atoms with Gasteiger partial charge in [-0.1, -0.05) is 6.08 Å². The Morgan fingerprint density at radius 1 is 1.30 bits per heavy atom. The zero-order chi connectivity index (χ0) is 7.40. The Morgan fingerprint density at radius 3 is 2.60 bits per heavy atom. The molecular formula is C9H15N. The van der Waals surface area contributed by atoms with E-state index in [1.807, 2.05) is 7.05 Å². The van der Waals surface area contributed by atoms with Crippen LogP contribution in [0.5, 0.6) is 0 Å². The van der Waals surface area contributed by atoms with Crippen LogP contribution in [0.25, 0.3) is 0 Å². The van der Waals surface area contributed by atoms with E-state index in [9.17, 15) is 0 Å². The Morgan fingerprint density at radius 2 is 2.00 bits per heavy atom. The fourth-order valence-electron chi connectivity index (χ4n) is 1.46. The number of allylic oxidation sites excluding steroid dienone is 3. The Kier molecular flexibility index (Phi) is 2.55. The van der Waals surface area contributed by atoms with E-state index in [1.54, 1.807) is 0 Å². The van der Waals surface area contributed by atoms with Crippen molar-refractivity contribution >= 4 is 0 Å². The van der Waals surface area contributed by atoms with Crippen molar-refractivity contribution in [3.8, 4) is 0 Å². The Balaban J connectivity index is 2.68. The summed E-state index contributed by atoms with van der Waals surface area (Å²) in [5.74, 6) is 0. The van der Waals surface area contributed by atoms with Gasteiger partial charge in [0.25, 0.3) is 0 Å². The number of hydrogen-bond donors (Lipinski definition) is 1. The molecule has 0 atom stereocenters. The highest BCUT2D eigenvalue weighted by Gasteiger charge is 2.10. The van der Waals surface area contributed by atoms with Crippen LogP contribution < -0.4 is 5.32 Å². The second-order valence-corrected chi connectivity index (χ2v) is 2.63. The summed E-state index contributed by atoms with van der Waals surface area (Å²) in [4.78, 5) is 0. The van der Waals surface area contributed by atoms with Gasteiger partial charge in [-0.2, -0.15) is 0 Å². The summed E-state index contributed by atoms with van der Waals surface area (Å²) in [5, 5.41) is 3.07. The molecular weight excluding hydrogens is 122 g/mol. The molecule has 56 valence electrons. The van der Waals surface area contributed by atoms with Crippen molar-refractivity contribution in [2.24, 2.45) is 0 Å². The zero-order valence-corrected chi connectivity index (χ0v) is 6.78. The van der Waals surface area contributed by atoms with E-state index in [4.69, 9.17) is 0 Å². The van der Waals surface area contributed by atoms with Gasteiger partial charge in [0.05, 0.1) is 0 Å². The highest BCUT2D eigenvalue weighted by molar-refractivity contribution is 5.33. The summed E-state index contributed by atoms with van der Waals surface area (Å²) in [5.41, 5.74) is 3.01. The van der Waals surface area contributed by atoms with Crippen LogP contribution in [0.4, 0.5) is 0 Å². The van der Waals surface area contributed by atoms with Gasteiger partial charge in [-0.25, -0.2) is 0 Å². The lowest BCUT2D eigenvalue weighted by molar-refractivity contribution is 0.926. The quantitative estimate of drug-likeness (QED) is 0.584. The topological polar surface area (TPSA) is 12.0 Å². The highest BCUT2D eigenvalue weighted by Crippen LogP contribution is 2.29. The van der Waals surface area contributed by atoms with Crippen LogP contribution in [-0.4, -0.2) is 7.05 Å². The monoisotopic (exact) mass is 137 g/mol. The van der Waals surface area contributed by atoms with Crippen molar-refractivity contribution in [1.82, 2.24) is 5.32 Å². The van der Waals surface area contributed by atoms with E-state index in [0.29, 0.717) is 0 Å². The van der Waals surface area contributed by atoms with Crippen LogP contribution in [-0.2, 0) is 0 Å². The third-order valence-electron chi connectivity index (χ3n) is 1.97. The molecule has 10 heavy (non-hydrogen) atoms. The Hall–Kier alpha value is -0.720. The van der Waals surface area contributed by atoms with Crippen LogP contribution >= 0.6 is 0 Å². The molecule has 1 saturated carbocycles. The normalized spacial score (nSPS) is 26.2. The average molecular weight is 137 g/mol. The Bertz CT molecular complexity index is 166. The number of hydrogen-bond acceptors (Lipinski definition) is 1. The maximum absolute atomic E-state index is 3.07. The van der Waals surface area contributed by atoms with Crippen molar-refractivity contribution in [3.05, 3.63) is 23.4 Å². The van der Waals surface area contributed by atoms with Crippen molar-refractivity contribution in [3.63, 3.8) is 0 Å². The predicted octanol–water partition coefficient (Wildman–Crippen LogP) is 2.22. The summed E-state index contributed by atoms with van der Waals surface area (Å²) in [6, 6.07) is 0. The van der Waals surface area contributed by atoms with Gasteiger partial charge in [-0.3, -0.25) is 0 Å². The first kappa shape index (κ1) is 7.39. The lowest BCUT2D eigenvalue weighted by Gasteiger charge is -1.97. The van der Waals surface area contributed by atoms with Gasteiger partial charge < -0.3 is 5.32 Å². The third kappa shape index (κ3) is 1.41. The van der Waals surface area contributed by atoms with E-state index in [1.165, 1.54) is 30.4 Å². The molecule has 1 heteroatoms. The molecule has 0 unspecified atom stereocenters. The summed E-state index contributed by atoms with van der Waals surface area (Å²) in [6.45, 7) is 2.12. The fraction of sp³-hybridized carbons (Fsp3) is 0.556. The maximum Gasteiger partial charge on any atom is 0.00278 e. The minimum atomic E-state index is 1.25. The molecule has 1 aliphatic carbocycles. The molecule has 1 fully saturated rings. The van der Waals surface area contributed by atoms with Crippen molar-refractivity contribution in [2.45, 2.75) is 26.2 Å². The Labute approximate surface area is 62.8 Å². The van der Waals surface area contributed by atoms with Crippen LogP contribution in [0.15, 0.2) is 23.4 Å². The summed E-state index contributed by atoms with van der Waals surface area (Å²) < 4.78 is 0. The molecule has 0 saturated heterocycles. The first-order valence-electron chi connectivity index (χ1n) is 3.90. The second-order valence-electron chi connectivity index (χ2n) is 2.63. The van der Waals surface area contributed by atoms with Gasteiger partial charge in [-0.05, 0) is 43.5 Å². The van der Waals surface area contributed by atoms with Crippen molar-refractivity contribution < 1.29 is 0 Å². The van der Waals surface area contributed by atoms with Gasteiger partial charge >= 0.3 is 0 Å². The first-order chi connectivity index (χ1) is 4.88. The molecule has 0 heterocycles. The van der Waals surface area contributed by atoms with Gasteiger partial charge in [0, 0.05) is 7.05 Å². The average Bonchev–Trinajstić information content (AvgIpc) is 2.36. The van der Waals surface area contributed by atoms with E-state index in [2.05, 4.69) is 24.5 Å². The molecule has 0 amide bonds. The maximum atomic E-state index is 3.07. The molecule has 0 aromatic carbocycles. The molecule has 0 radical (unpaired) electrons. The first-order valence-corrected chi connectivity index (χ1v) is 3.90. The van der Waals surface area contributed by atoms with E-state index >= 15 is 0 Å².